The number of halogens is 4. The Balaban J connectivity index is 2.03. The van der Waals surface area contributed by atoms with Crippen LogP contribution in [0.25, 0.3) is 0 Å². The van der Waals surface area contributed by atoms with Crippen LogP contribution in [-0.4, -0.2) is 25.5 Å². The van der Waals surface area contributed by atoms with Gasteiger partial charge in [-0.15, -0.1) is 0 Å². The maximum atomic E-state index is 12.7. The summed E-state index contributed by atoms with van der Waals surface area (Å²) in [5, 5.41) is 4.01. The molecule has 0 spiro atoms. The van der Waals surface area contributed by atoms with Crippen LogP contribution in [0.1, 0.15) is 22.7 Å². The summed E-state index contributed by atoms with van der Waals surface area (Å²) in [6.45, 7) is 1.20. The van der Waals surface area contributed by atoms with Crippen LogP contribution in [0, 0.1) is 0 Å². The molecule has 0 saturated heterocycles. The van der Waals surface area contributed by atoms with Crippen molar-refractivity contribution in [1.82, 2.24) is 10.2 Å². The van der Waals surface area contributed by atoms with Gasteiger partial charge in [-0.05, 0) is 43.4 Å². The molecule has 2 aromatic rings. The molecule has 0 fully saturated rings. The van der Waals surface area contributed by atoms with E-state index in [0.29, 0.717) is 18.1 Å². The number of alkyl halides is 3. The summed E-state index contributed by atoms with van der Waals surface area (Å²) in [5.74, 6) is 0. The quantitative estimate of drug-likeness (QED) is 0.803. The normalized spacial score (nSPS) is 13.3. The lowest BCUT2D eigenvalue weighted by molar-refractivity contribution is -0.137. The van der Waals surface area contributed by atoms with Gasteiger partial charge in [0.05, 0.1) is 5.56 Å². The summed E-state index contributed by atoms with van der Waals surface area (Å²) < 4.78 is 38.0. The van der Waals surface area contributed by atoms with E-state index < -0.39 is 11.7 Å². The van der Waals surface area contributed by atoms with Crippen LogP contribution in [0.5, 0.6) is 0 Å². The molecule has 2 rings (SSSR count). The van der Waals surface area contributed by atoms with Crippen LogP contribution in [0.2, 0.25) is 5.02 Å². The molecular formula is C18H20ClF3N2. The van der Waals surface area contributed by atoms with Crippen LogP contribution in [0.4, 0.5) is 13.2 Å². The number of likely N-dealkylation sites (N-methyl/N-ethyl adjacent to an activating group) is 1. The highest BCUT2D eigenvalue weighted by molar-refractivity contribution is 6.31. The fraction of sp³-hybridized carbons (Fsp3) is 0.333. The Morgan fingerprint density at radius 1 is 1.04 bits per heavy atom. The van der Waals surface area contributed by atoms with E-state index in [-0.39, 0.29) is 6.04 Å². The molecular weight excluding hydrogens is 337 g/mol. The lowest BCUT2D eigenvalue weighted by Crippen LogP contribution is -2.31. The summed E-state index contributed by atoms with van der Waals surface area (Å²) in [4.78, 5) is 1.97. The zero-order valence-corrected chi connectivity index (χ0v) is 14.3. The van der Waals surface area contributed by atoms with E-state index in [1.165, 1.54) is 12.1 Å². The third-order valence-electron chi connectivity index (χ3n) is 3.86. The molecule has 0 aromatic heterocycles. The Morgan fingerprint density at radius 2 is 1.67 bits per heavy atom. The van der Waals surface area contributed by atoms with E-state index in [9.17, 15) is 13.2 Å². The van der Waals surface area contributed by atoms with E-state index in [4.69, 9.17) is 11.6 Å². The second-order valence-corrected chi connectivity index (χ2v) is 6.23. The summed E-state index contributed by atoms with van der Waals surface area (Å²) in [7, 11) is 3.80. The number of hydrogen-bond donors (Lipinski definition) is 1. The Kier molecular flexibility index (Phi) is 6.27. The second kappa shape index (κ2) is 8.01. The SMILES string of the molecule is CN(C)C(CNCc1ccccc1Cl)c1ccc(C(F)(F)F)cc1. The molecule has 0 aliphatic heterocycles. The smallest absolute Gasteiger partial charge is 0.311 e. The summed E-state index contributed by atoms with van der Waals surface area (Å²) in [5.41, 5.74) is 1.19. The first-order valence-electron chi connectivity index (χ1n) is 7.56. The van der Waals surface area contributed by atoms with Gasteiger partial charge < -0.3 is 10.2 Å². The van der Waals surface area contributed by atoms with Gasteiger partial charge in [0.1, 0.15) is 0 Å². The van der Waals surface area contributed by atoms with Crippen LogP contribution in [0.3, 0.4) is 0 Å². The van der Waals surface area contributed by atoms with E-state index in [1.807, 2.05) is 43.3 Å². The van der Waals surface area contributed by atoms with Crippen LogP contribution in [-0.2, 0) is 12.7 Å². The molecule has 0 aliphatic carbocycles. The predicted molar refractivity (Wildman–Crippen MR) is 91.0 cm³/mol. The summed E-state index contributed by atoms with van der Waals surface area (Å²) in [6.07, 6.45) is -4.31. The van der Waals surface area contributed by atoms with Crippen molar-refractivity contribution in [1.29, 1.82) is 0 Å². The van der Waals surface area contributed by atoms with Gasteiger partial charge in [0.15, 0.2) is 0 Å². The molecule has 2 nitrogen and oxygen atoms in total. The monoisotopic (exact) mass is 356 g/mol. The van der Waals surface area contributed by atoms with Gasteiger partial charge in [-0.25, -0.2) is 0 Å². The molecule has 6 heteroatoms. The molecule has 0 heterocycles. The lowest BCUT2D eigenvalue weighted by atomic mass is 10.0. The minimum absolute atomic E-state index is 0.0326. The van der Waals surface area contributed by atoms with Crippen molar-refractivity contribution in [2.75, 3.05) is 20.6 Å². The molecule has 24 heavy (non-hydrogen) atoms. The van der Waals surface area contributed by atoms with E-state index in [0.717, 1.165) is 23.3 Å². The molecule has 0 bridgehead atoms. The van der Waals surface area contributed by atoms with Gasteiger partial charge >= 0.3 is 6.18 Å². The zero-order valence-electron chi connectivity index (χ0n) is 13.6. The molecule has 1 N–H and O–H groups in total. The topological polar surface area (TPSA) is 15.3 Å². The fourth-order valence-corrected chi connectivity index (χ4v) is 2.68. The van der Waals surface area contributed by atoms with E-state index in [2.05, 4.69) is 5.32 Å². The van der Waals surface area contributed by atoms with E-state index >= 15 is 0 Å². The van der Waals surface area contributed by atoms with Crippen LogP contribution >= 0.6 is 11.6 Å². The lowest BCUT2D eigenvalue weighted by Gasteiger charge is -2.25. The minimum atomic E-state index is -4.31. The maximum Gasteiger partial charge on any atom is 0.416 e. The molecule has 130 valence electrons. The minimum Gasteiger partial charge on any atom is -0.311 e. The average molecular weight is 357 g/mol. The van der Waals surface area contributed by atoms with Crippen molar-refractivity contribution in [3.63, 3.8) is 0 Å². The molecule has 0 amide bonds. The Hall–Kier alpha value is -1.56. The van der Waals surface area contributed by atoms with Gasteiger partial charge in [0, 0.05) is 24.2 Å². The van der Waals surface area contributed by atoms with Gasteiger partial charge in [-0.1, -0.05) is 41.9 Å². The average Bonchev–Trinajstić information content (AvgIpc) is 2.52. The summed E-state index contributed by atoms with van der Waals surface area (Å²) >= 11 is 6.12. The molecule has 1 unspecified atom stereocenters. The highest BCUT2D eigenvalue weighted by atomic mass is 35.5. The number of rotatable bonds is 6. The Bertz CT molecular complexity index is 654. The fourth-order valence-electron chi connectivity index (χ4n) is 2.48. The van der Waals surface area contributed by atoms with Crippen molar-refractivity contribution >= 4 is 11.6 Å². The zero-order chi connectivity index (χ0) is 17.7. The number of hydrogen-bond acceptors (Lipinski definition) is 2. The van der Waals surface area contributed by atoms with Crippen LogP contribution < -0.4 is 5.32 Å². The molecule has 1 atom stereocenters. The first kappa shape index (κ1) is 18.8. The third kappa shape index (κ3) is 4.97. The first-order valence-corrected chi connectivity index (χ1v) is 7.94. The third-order valence-corrected chi connectivity index (χ3v) is 4.23. The second-order valence-electron chi connectivity index (χ2n) is 5.82. The van der Waals surface area contributed by atoms with Crippen molar-refractivity contribution in [2.24, 2.45) is 0 Å². The largest absolute Gasteiger partial charge is 0.416 e. The van der Waals surface area contributed by atoms with Crippen molar-refractivity contribution in [3.8, 4) is 0 Å². The van der Waals surface area contributed by atoms with Gasteiger partial charge in [-0.3, -0.25) is 0 Å². The highest BCUT2D eigenvalue weighted by Gasteiger charge is 2.30. The van der Waals surface area contributed by atoms with Crippen molar-refractivity contribution in [2.45, 2.75) is 18.8 Å². The number of nitrogens with one attached hydrogen (secondary N) is 1. The molecule has 0 aliphatic rings. The standard InChI is InChI=1S/C18H20ClF3N2/c1-24(2)17(12-23-11-14-5-3-4-6-16(14)19)13-7-9-15(10-8-13)18(20,21)22/h3-10,17,23H,11-12H2,1-2H3. The highest BCUT2D eigenvalue weighted by Crippen LogP contribution is 2.30. The molecule has 2 aromatic carbocycles. The predicted octanol–water partition coefficient (Wildman–Crippen LogP) is 4.75. The van der Waals surface area contributed by atoms with Gasteiger partial charge in [0.25, 0.3) is 0 Å². The maximum absolute atomic E-state index is 12.7. The van der Waals surface area contributed by atoms with Crippen molar-refractivity contribution < 1.29 is 13.2 Å². The van der Waals surface area contributed by atoms with Gasteiger partial charge in [0.2, 0.25) is 0 Å². The Labute approximate surface area is 145 Å². The molecule has 0 saturated carbocycles. The van der Waals surface area contributed by atoms with E-state index in [1.54, 1.807) is 0 Å². The number of benzene rings is 2. The van der Waals surface area contributed by atoms with Gasteiger partial charge in [-0.2, -0.15) is 13.2 Å². The summed E-state index contributed by atoms with van der Waals surface area (Å²) in [6, 6.07) is 12.8. The Morgan fingerprint density at radius 3 is 2.21 bits per heavy atom. The molecule has 0 radical (unpaired) electrons. The first-order chi connectivity index (χ1) is 11.3. The number of nitrogens with zero attached hydrogens (tertiary/aromatic N) is 1. The van der Waals surface area contributed by atoms with Crippen molar-refractivity contribution in [3.05, 3.63) is 70.2 Å². The van der Waals surface area contributed by atoms with Crippen LogP contribution in [0.15, 0.2) is 48.5 Å².